The van der Waals surface area contributed by atoms with Crippen LogP contribution in [0.1, 0.15) is 24.1 Å². The molecule has 0 bridgehead atoms. The molecule has 1 aliphatic heterocycles. The highest BCUT2D eigenvalue weighted by molar-refractivity contribution is 6.35. The summed E-state index contributed by atoms with van der Waals surface area (Å²) in [5, 5.41) is 19.5. The Morgan fingerprint density at radius 2 is 1.87 bits per heavy atom. The lowest BCUT2D eigenvalue weighted by molar-refractivity contribution is -0.137. The van der Waals surface area contributed by atoms with Crippen LogP contribution in [0, 0.1) is 0 Å². The number of benzene rings is 2. The van der Waals surface area contributed by atoms with Crippen molar-refractivity contribution in [2.75, 3.05) is 36.4 Å². The molecule has 6 nitrogen and oxygen atoms in total. The first-order chi connectivity index (χ1) is 14.3. The highest BCUT2D eigenvalue weighted by Crippen LogP contribution is 2.34. The lowest BCUT2D eigenvalue weighted by atomic mass is 10.0. The molecule has 0 spiro atoms. The summed E-state index contributed by atoms with van der Waals surface area (Å²) in [6, 6.07) is 8.58. The van der Waals surface area contributed by atoms with Gasteiger partial charge in [0.2, 0.25) is 0 Å². The Hall–Kier alpha value is -2.36. The number of anilines is 2. The van der Waals surface area contributed by atoms with Crippen molar-refractivity contribution in [1.82, 2.24) is 20.7 Å². The monoisotopic (exact) mass is 472 g/mol. The van der Waals surface area contributed by atoms with Gasteiger partial charge >= 0.3 is 6.18 Å². The van der Waals surface area contributed by atoms with E-state index in [0.29, 0.717) is 27.3 Å². The van der Waals surface area contributed by atoms with Gasteiger partial charge in [-0.15, -0.1) is 22.6 Å². The van der Waals surface area contributed by atoms with Crippen molar-refractivity contribution in [3.8, 4) is 0 Å². The first-order valence-corrected chi connectivity index (χ1v) is 9.93. The molecule has 31 heavy (non-hydrogen) atoms. The quantitative estimate of drug-likeness (QED) is 0.573. The smallest absolute Gasteiger partial charge is 0.369 e. The highest BCUT2D eigenvalue weighted by atomic mass is 35.5. The number of halogens is 5. The molecule has 0 aliphatic carbocycles. The van der Waals surface area contributed by atoms with Gasteiger partial charge in [-0.3, -0.25) is 0 Å². The van der Waals surface area contributed by atoms with Gasteiger partial charge in [0.15, 0.2) is 5.82 Å². The number of piperazine rings is 1. The van der Waals surface area contributed by atoms with Crippen LogP contribution in [0.15, 0.2) is 36.4 Å². The van der Waals surface area contributed by atoms with E-state index in [-0.39, 0.29) is 12.4 Å². The Balaban J connectivity index is 0.00000272. The van der Waals surface area contributed by atoms with E-state index < -0.39 is 17.8 Å². The van der Waals surface area contributed by atoms with Gasteiger partial charge in [-0.2, -0.15) is 13.2 Å². The summed E-state index contributed by atoms with van der Waals surface area (Å²) in [7, 11) is 0. The maximum Gasteiger partial charge on any atom is 0.416 e. The van der Waals surface area contributed by atoms with Gasteiger partial charge in [0.1, 0.15) is 5.52 Å². The summed E-state index contributed by atoms with van der Waals surface area (Å²) in [5.41, 5.74) is 1.23. The van der Waals surface area contributed by atoms with Gasteiger partial charge in [-0.25, -0.2) is 0 Å². The van der Waals surface area contributed by atoms with Crippen LogP contribution in [0.25, 0.3) is 10.9 Å². The van der Waals surface area contributed by atoms with E-state index >= 15 is 0 Å². The number of alkyl halides is 3. The summed E-state index contributed by atoms with van der Waals surface area (Å²) in [5.74, 6) is 0.420. The van der Waals surface area contributed by atoms with Crippen LogP contribution in [-0.4, -0.2) is 41.6 Å². The van der Waals surface area contributed by atoms with Crippen LogP contribution in [0.3, 0.4) is 0 Å². The molecule has 1 atom stereocenters. The number of hydrogen-bond donors (Lipinski definition) is 2. The molecule has 11 heteroatoms. The Labute approximate surface area is 188 Å². The Morgan fingerprint density at radius 1 is 1.13 bits per heavy atom. The highest BCUT2D eigenvalue weighted by Gasteiger charge is 2.30. The topological polar surface area (TPSA) is 66.0 Å². The minimum Gasteiger partial charge on any atom is -0.369 e. The SMILES string of the molecule is C[C@@H](Nc1nnnc2c(Cl)cc(N3CCNCC3)cc12)c1cccc(C(F)(F)F)c1.Cl. The van der Waals surface area contributed by atoms with Crippen LogP contribution < -0.4 is 15.5 Å². The Morgan fingerprint density at radius 3 is 2.58 bits per heavy atom. The molecule has 166 valence electrons. The molecule has 0 unspecified atom stereocenters. The minimum absolute atomic E-state index is 0. The molecule has 3 aromatic rings. The van der Waals surface area contributed by atoms with Gasteiger partial charge in [-0.1, -0.05) is 23.7 Å². The van der Waals surface area contributed by atoms with Crippen molar-refractivity contribution in [3.05, 3.63) is 52.5 Å². The summed E-state index contributed by atoms with van der Waals surface area (Å²) >= 11 is 6.45. The zero-order valence-electron chi connectivity index (χ0n) is 16.6. The lowest BCUT2D eigenvalue weighted by Gasteiger charge is -2.30. The number of rotatable bonds is 4. The molecular weight excluding hydrogens is 452 g/mol. The molecule has 2 N–H and O–H groups in total. The molecule has 1 fully saturated rings. The molecule has 1 aliphatic rings. The second-order valence-electron chi connectivity index (χ2n) is 7.19. The summed E-state index contributed by atoms with van der Waals surface area (Å²) in [6.07, 6.45) is -4.40. The largest absolute Gasteiger partial charge is 0.416 e. The van der Waals surface area contributed by atoms with E-state index in [2.05, 4.69) is 30.9 Å². The molecule has 4 rings (SSSR count). The first kappa shape index (κ1) is 23.3. The number of aromatic nitrogens is 3. The molecular formula is C20H21Cl2F3N6. The first-order valence-electron chi connectivity index (χ1n) is 9.55. The fourth-order valence-electron chi connectivity index (χ4n) is 3.52. The normalized spacial score (nSPS) is 15.5. The number of fused-ring (bicyclic) bond motifs is 1. The van der Waals surface area contributed by atoms with Crippen molar-refractivity contribution in [1.29, 1.82) is 0 Å². The fourth-order valence-corrected chi connectivity index (χ4v) is 3.77. The van der Waals surface area contributed by atoms with Gasteiger partial charge in [0.05, 0.1) is 22.0 Å². The van der Waals surface area contributed by atoms with E-state index in [1.165, 1.54) is 6.07 Å². The molecule has 0 saturated carbocycles. The standard InChI is InChI=1S/C20H20ClF3N6.ClH/c1-12(13-3-2-4-14(9-13)20(22,23)24)26-19-16-10-15(30-7-5-25-6-8-30)11-17(21)18(16)27-29-28-19;/h2-4,9-12,25H,5-8H2,1H3,(H,26,27,28);1H/t12-;/m1./s1. The predicted octanol–water partition coefficient (Wildman–Crippen LogP) is 4.70. The van der Waals surface area contributed by atoms with Crippen LogP contribution >= 0.6 is 24.0 Å². The number of hydrogen-bond acceptors (Lipinski definition) is 6. The lowest BCUT2D eigenvalue weighted by Crippen LogP contribution is -2.43. The van der Waals surface area contributed by atoms with Gasteiger partial charge in [-0.05, 0) is 42.0 Å². The number of nitrogens with one attached hydrogen (secondary N) is 2. The zero-order valence-corrected chi connectivity index (χ0v) is 18.2. The second kappa shape index (κ2) is 9.42. The molecule has 0 amide bonds. The predicted molar refractivity (Wildman–Crippen MR) is 118 cm³/mol. The fraction of sp³-hybridized carbons (Fsp3) is 0.350. The van der Waals surface area contributed by atoms with Crippen molar-refractivity contribution in [2.45, 2.75) is 19.1 Å². The van der Waals surface area contributed by atoms with E-state index in [9.17, 15) is 13.2 Å². The van der Waals surface area contributed by atoms with E-state index in [1.54, 1.807) is 13.0 Å². The average molecular weight is 473 g/mol. The van der Waals surface area contributed by atoms with Crippen LogP contribution in [-0.2, 0) is 6.18 Å². The summed E-state index contributed by atoms with van der Waals surface area (Å²) < 4.78 is 39.2. The molecule has 2 heterocycles. The van der Waals surface area contributed by atoms with Crippen molar-refractivity contribution in [2.24, 2.45) is 0 Å². The maximum absolute atomic E-state index is 13.1. The van der Waals surface area contributed by atoms with E-state index in [0.717, 1.165) is 44.0 Å². The Kier molecular flexibility index (Phi) is 7.08. The van der Waals surface area contributed by atoms with Crippen molar-refractivity contribution >= 4 is 46.4 Å². The Bertz CT molecular complexity index is 1060. The molecule has 1 saturated heterocycles. The van der Waals surface area contributed by atoms with Crippen molar-refractivity contribution < 1.29 is 13.2 Å². The van der Waals surface area contributed by atoms with Gasteiger partial charge < -0.3 is 15.5 Å². The van der Waals surface area contributed by atoms with Crippen LogP contribution in [0.5, 0.6) is 0 Å². The third-order valence-electron chi connectivity index (χ3n) is 5.14. The van der Waals surface area contributed by atoms with Crippen molar-refractivity contribution in [3.63, 3.8) is 0 Å². The summed E-state index contributed by atoms with van der Waals surface area (Å²) in [6.45, 7) is 5.21. The van der Waals surface area contributed by atoms with Crippen LogP contribution in [0.2, 0.25) is 5.02 Å². The van der Waals surface area contributed by atoms with E-state index in [1.807, 2.05) is 12.1 Å². The van der Waals surface area contributed by atoms with Crippen LogP contribution in [0.4, 0.5) is 24.7 Å². The second-order valence-corrected chi connectivity index (χ2v) is 7.60. The van der Waals surface area contributed by atoms with Gasteiger partial charge in [0.25, 0.3) is 0 Å². The third-order valence-corrected chi connectivity index (χ3v) is 5.43. The third kappa shape index (κ3) is 5.11. The molecule has 2 aromatic carbocycles. The minimum atomic E-state index is -4.40. The van der Waals surface area contributed by atoms with E-state index in [4.69, 9.17) is 11.6 Å². The molecule has 0 radical (unpaired) electrons. The molecule has 1 aromatic heterocycles. The number of nitrogens with zero attached hydrogens (tertiary/aromatic N) is 4. The maximum atomic E-state index is 13.1. The van der Waals surface area contributed by atoms with Gasteiger partial charge in [0, 0.05) is 31.9 Å². The summed E-state index contributed by atoms with van der Waals surface area (Å²) in [4.78, 5) is 2.21. The zero-order chi connectivity index (χ0) is 21.3. The average Bonchev–Trinajstić information content (AvgIpc) is 2.74.